The second-order valence-electron chi connectivity index (χ2n) is 7.98. The summed E-state index contributed by atoms with van der Waals surface area (Å²) < 4.78 is 0. The van der Waals surface area contributed by atoms with Crippen molar-refractivity contribution in [3.63, 3.8) is 0 Å². The van der Waals surface area contributed by atoms with Crippen LogP contribution in [0.5, 0.6) is 0 Å². The van der Waals surface area contributed by atoms with E-state index in [0.717, 1.165) is 38.3 Å². The van der Waals surface area contributed by atoms with E-state index in [9.17, 15) is 9.59 Å². The van der Waals surface area contributed by atoms with E-state index in [4.69, 9.17) is 0 Å². The standard InChI is InChI=1S/C24H46O2/c25-23-21-19-17-15-13-11-9-7-5-3-1-2-4-6-8-10-12-14-16-18-20-22-24-26/h23-24H,1-22H2. The van der Waals surface area contributed by atoms with Gasteiger partial charge in [0.05, 0.1) is 0 Å². The summed E-state index contributed by atoms with van der Waals surface area (Å²) in [5, 5.41) is 0. The van der Waals surface area contributed by atoms with Crippen molar-refractivity contribution < 1.29 is 9.59 Å². The molecule has 0 atom stereocenters. The Kier molecular flexibility index (Phi) is 23.7. The van der Waals surface area contributed by atoms with Gasteiger partial charge in [-0.3, -0.25) is 0 Å². The number of rotatable bonds is 23. The molecule has 0 bridgehead atoms. The quantitative estimate of drug-likeness (QED) is 0.136. The Hall–Kier alpha value is -0.660. The molecule has 154 valence electrons. The number of carbonyl (C=O) groups is 2. The van der Waals surface area contributed by atoms with Gasteiger partial charge in [-0.2, -0.15) is 0 Å². The maximum Gasteiger partial charge on any atom is 0.119 e. The van der Waals surface area contributed by atoms with Crippen molar-refractivity contribution >= 4 is 12.6 Å². The van der Waals surface area contributed by atoms with Gasteiger partial charge in [0.15, 0.2) is 0 Å². The SMILES string of the molecule is O=CCCCCCCCCCCCCCCCCCCCCCCC=O. The summed E-state index contributed by atoms with van der Waals surface area (Å²) in [6.07, 6.45) is 30.6. The number of hydrogen-bond donors (Lipinski definition) is 0. The van der Waals surface area contributed by atoms with Crippen molar-refractivity contribution in [1.82, 2.24) is 0 Å². The Morgan fingerprint density at radius 3 is 0.577 bits per heavy atom. The third-order valence-electron chi connectivity index (χ3n) is 5.39. The van der Waals surface area contributed by atoms with Crippen LogP contribution < -0.4 is 0 Å². The minimum atomic E-state index is 0.753. The predicted octanol–water partition coefficient (Wildman–Crippen LogP) is 7.97. The first-order valence-electron chi connectivity index (χ1n) is 11.8. The second-order valence-corrected chi connectivity index (χ2v) is 7.98. The molecule has 0 aliphatic rings. The van der Waals surface area contributed by atoms with Crippen molar-refractivity contribution in [3.05, 3.63) is 0 Å². The Bertz CT molecular complexity index is 247. The van der Waals surface area contributed by atoms with Gasteiger partial charge >= 0.3 is 0 Å². The van der Waals surface area contributed by atoms with E-state index in [0.29, 0.717) is 0 Å². The molecule has 0 aliphatic carbocycles. The van der Waals surface area contributed by atoms with Crippen LogP contribution in [0.1, 0.15) is 141 Å². The fourth-order valence-corrected chi connectivity index (χ4v) is 3.64. The molecule has 0 N–H and O–H groups in total. The van der Waals surface area contributed by atoms with Crippen molar-refractivity contribution in [2.45, 2.75) is 141 Å². The van der Waals surface area contributed by atoms with E-state index in [1.165, 1.54) is 116 Å². The summed E-state index contributed by atoms with van der Waals surface area (Å²) in [5.74, 6) is 0. The van der Waals surface area contributed by atoms with Gasteiger partial charge < -0.3 is 9.59 Å². The van der Waals surface area contributed by atoms with Crippen LogP contribution in [0.2, 0.25) is 0 Å². The lowest BCUT2D eigenvalue weighted by Crippen LogP contribution is -1.84. The Morgan fingerprint density at radius 2 is 0.423 bits per heavy atom. The van der Waals surface area contributed by atoms with E-state index in [2.05, 4.69) is 0 Å². The number of carbonyl (C=O) groups excluding carboxylic acids is 2. The summed E-state index contributed by atoms with van der Waals surface area (Å²) >= 11 is 0. The average Bonchev–Trinajstić information content (AvgIpc) is 2.66. The topological polar surface area (TPSA) is 34.1 Å². The van der Waals surface area contributed by atoms with Crippen molar-refractivity contribution in [3.8, 4) is 0 Å². The average molecular weight is 367 g/mol. The molecule has 0 aromatic carbocycles. The molecule has 0 radical (unpaired) electrons. The van der Waals surface area contributed by atoms with Gasteiger partial charge in [0.25, 0.3) is 0 Å². The highest BCUT2D eigenvalue weighted by molar-refractivity contribution is 5.49. The molecule has 0 amide bonds. The molecule has 0 aliphatic heterocycles. The third-order valence-corrected chi connectivity index (χ3v) is 5.39. The zero-order valence-electron chi connectivity index (χ0n) is 17.5. The van der Waals surface area contributed by atoms with E-state index in [1.54, 1.807) is 0 Å². The van der Waals surface area contributed by atoms with Gasteiger partial charge in [0.2, 0.25) is 0 Å². The highest BCUT2D eigenvalue weighted by atomic mass is 16.1. The van der Waals surface area contributed by atoms with Crippen LogP contribution >= 0.6 is 0 Å². The van der Waals surface area contributed by atoms with Crippen LogP contribution in [-0.2, 0) is 9.59 Å². The summed E-state index contributed by atoms with van der Waals surface area (Å²) in [7, 11) is 0. The van der Waals surface area contributed by atoms with Gasteiger partial charge in [0, 0.05) is 12.8 Å². The van der Waals surface area contributed by atoms with E-state index < -0.39 is 0 Å². The van der Waals surface area contributed by atoms with Gasteiger partial charge in [-0.1, -0.05) is 116 Å². The first-order chi connectivity index (χ1) is 12.9. The fraction of sp³-hybridized carbons (Fsp3) is 0.917. The van der Waals surface area contributed by atoms with Gasteiger partial charge in [-0.05, 0) is 12.8 Å². The monoisotopic (exact) mass is 366 g/mol. The molecule has 26 heavy (non-hydrogen) atoms. The van der Waals surface area contributed by atoms with Crippen molar-refractivity contribution in [2.75, 3.05) is 0 Å². The Morgan fingerprint density at radius 1 is 0.269 bits per heavy atom. The Balaban J connectivity index is 2.96. The van der Waals surface area contributed by atoms with Gasteiger partial charge in [-0.25, -0.2) is 0 Å². The molecule has 0 saturated carbocycles. The van der Waals surface area contributed by atoms with Crippen LogP contribution in [0.3, 0.4) is 0 Å². The molecule has 0 spiro atoms. The molecule has 0 unspecified atom stereocenters. The molecule has 0 aromatic heterocycles. The molecular formula is C24H46O2. The molecule has 0 saturated heterocycles. The smallest absolute Gasteiger partial charge is 0.119 e. The van der Waals surface area contributed by atoms with Crippen LogP contribution in [0, 0.1) is 0 Å². The maximum absolute atomic E-state index is 10.2. The van der Waals surface area contributed by atoms with Crippen molar-refractivity contribution in [2.24, 2.45) is 0 Å². The first kappa shape index (κ1) is 25.3. The van der Waals surface area contributed by atoms with Crippen LogP contribution in [0.4, 0.5) is 0 Å². The summed E-state index contributed by atoms with van der Waals surface area (Å²) in [5.41, 5.74) is 0. The lowest BCUT2D eigenvalue weighted by Gasteiger charge is -2.04. The first-order valence-corrected chi connectivity index (χ1v) is 11.8. The van der Waals surface area contributed by atoms with Crippen LogP contribution in [0.25, 0.3) is 0 Å². The predicted molar refractivity (Wildman–Crippen MR) is 114 cm³/mol. The highest BCUT2D eigenvalue weighted by Crippen LogP contribution is 2.15. The molecule has 0 fully saturated rings. The molecule has 0 aromatic rings. The van der Waals surface area contributed by atoms with Gasteiger partial charge in [0.1, 0.15) is 12.6 Å². The van der Waals surface area contributed by atoms with E-state index in [-0.39, 0.29) is 0 Å². The normalized spacial score (nSPS) is 10.9. The van der Waals surface area contributed by atoms with E-state index in [1.807, 2.05) is 0 Å². The Labute approximate surface area is 163 Å². The minimum Gasteiger partial charge on any atom is -0.303 e. The molecule has 0 rings (SSSR count). The number of hydrogen-bond acceptors (Lipinski definition) is 2. The van der Waals surface area contributed by atoms with Crippen LogP contribution in [0.15, 0.2) is 0 Å². The molecular weight excluding hydrogens is 320 g/mol. The zero-order chi connectivity index (χ0) is 19.0. The summed E-state index contributed by atoms with van der Waals surface area (Å²) in [4.78, 5) is 20.4. The molecule has 2 nitrogen and oxygen atoms in total. The minimum absolute atomic E-state index is 0.753. The van der Waals surface area contributed by atoms with E-state index >= 15 is 0 Å². The maximum atomic E-state index is 10.2. The number of unbranched alkanes of at least 4 members (excludes halogenated alkanes) is 21. The largest absolute Gasteiger partial charge is 0.303 e. The van der Waals surface area contributed by atoms with Gasteiger partial charge in [-0.15, -0.1) is 0 Å². The second kappa shape index (κ2) is 24.3. The third kappa shape index (κ3) is 23.3. The molecule has 0 heterocycles. The summed E-state index contributed by atoms with van der Waals surface area (Å²) in [6, 6.07) is 0. The highest BCUT2D eigenvalue weighted by Gasteiger charge is 1.95. The number of aldehydes is 2. The fourth-order valence-electron chi connectivity index (χ4n) is 3.64. The van der Waals surface area contributed by atoms with Crippen LogP contribution in [-0.4, -0.2) is 12.6 Å². The lowest BCUT2D eigenvalue weighted by molar-refractivity contribution is -0.108. The molecule has 2 heteroatoms. The summed E-state index contributed by atoms with van der Waals surface area (Å²) in [6.45, 7) is 0. The zero-order valence-corrected chi connectivity index (χ0v) is 17.5. The van der Waals surface area contributed by atoms with Crippen molar-refractivity contribution in [1.29, 1.82) is 0 Å². The lowest BCUT2D eigenvalue weighted by atomic mass is 10.0.